The third-order valence-corrected chi connectivity index (χ3v) is 14.2. The quantitative estimate of drug-likeness (QED) is 0.0206. The summed E-state index contributed by atoms with van der Waals surface area (Å²) in [6.45, 7) is 1.87. The summed E-state index contributed by atoms with van der Waals surface area (Å²) in [5.74, 6) is 0.308. The third-order valence-electron chi connectivity index (χ3n) is 14.2. The minimum Gasteiger partial charge on any atom is -0.469 e. The second-order valence-corrected chi connectivity index (χ2v) is 20.8. The number of ether oxygens (including phenoxy) is 3. The smallest absolute Gasteiger partial charge is 0.407 e. The van der Waals surface area contributed by atoms with Gasteiger partial charge in [-0.3, -0.25) is 33.5 Å². The van der Waals surface area contributed by atoms with Crippen molar-refractivity contribution in [3.8, 4) is 11.8 Å². The number of hydrogen-bond acceptors (Lipinski definition) is 14. The summed E-state index contributed by atoms with van der Waals surface area (Å²) >= 11 is 0. The Balaban J connectivity index is 1.28. The number of carbonyl (C=O) groups is 4. The highest BCUT2D eigenvalue weighted by Crippen LogP contribution is 2.36. The molecule has 0 aliphatic carbocycles. The average molecular weight is 1080 g/mol. The number of benzene rings is 2. The van der Waals surface area contributed by atoms with Crippen LogP contribution >= 0.6 is 0 Å². The average Bonchev–Trinajstić information content (AvgIpc) is 3.63. The van der Waals surface area contributed by atoms with E-state index in [0.29, 0.717) is 41.0 Å². The number of pyridine rings is 1. The largest absolute Gasteiger partial charge is 0.469 e. The van der Waals surface area contributed by atoms with Gasteiger partial charge in [0.2, 0.25) is 11.8 Å². The first kappa shape index (κ1) is 59.5. The van der Waals surface area contributed by atoms with Crippen molar-refractivity contribution in [2.24, 2.45) is 27.5 Å². The van der Waals surface area contributed by atoms with Gasteiger partial charge in [-0.2, -0.15) is 8.78 Å². The van der Waals surface area contributed by atoms with Gasteiger partial charge in [0.25, 0.3) is 0 Å². The lowest BCUT2D eigenvalue weighted by Crippen LogP contribution is -2.62. The van der Waals surface area contributed by atoms with Crippen LogP contribution in [0.1, 0.15) is 74.8 Å². The van der Waals surface area contributed by atoms with E-state index in [-0.39, 0.29) is 17.6 Å². The number of fused-ring (bicyclic) bond motifs is 2. The zero-order chi connectivity index (χ0) is 56.2. The van der Waals surface area contributed by atoms with E-state index in [0.717, 1.165) is 82.5 Å². The minimum atomic E-state index is -3.15. The second-order valence-electron chi connectivity index (χ2n) is 20.8. The number of anilines is 1. The summed E-state index contributed by atoms with van der Waals surface area (Å²) in [6.07, 6.45) is 1.80. The Bertz CT molecular complexity index is 2630. The number of aliphatic imine (C=N–C) groups is 1. The van der Waals surface area contributed by atoms with Crippen LogP contribution in [-0.2, 0) is 41.6 Å². The SMILES string of the molecule is COC(=O)C[C@H](C(=O)NN(Cc1c(F)cc(C(C=NC(F)F)=CN)cc1F)C[C@H](O)[C@H](Cc1ccc(C#Cc2ccc(N3CC4CCC(C3)N4C3COC3)nc2)cc1)NC(=O)[C@@H](NC(=O)OC)C(C)(C)CF)C(C)(C)CF. The maximum absolute atomic E-state index is 16.0. The van der Waals surface area contributed by atoms with Crippen LogP contribution in [0.15, 0.2) is 65.9 Å². The molecule has 3 aromatic rings. The number of halogens is 6. The molecule has 2 aromatic carbocycles. The molecule has 6 atom stereocenters. The Hall–Kier alpha value is -6.74. The lowest BCUT2D eigenvalue weighted by Gasteiger charge is -2.47. The number of carbonyl (C=O) groups excluding carboxylic acids is 4. The molecule has 6 rings (SSSR count). The van der Waals surface area contributed by atoms with E-state index in [9.17, 15) is 41.8 Å². The van der Waals surface area contributed by atoms with Gasteiger partial charge in [0.15, 0.2) is 0 Å². The third kappa shape index (κ3) is 15.5. The fraction of sp³-hybridized carbons (Fsp3) is 0.519. The molecular weight excluding hydrogens is 1020 g/mol. The minimum absolute atomic E-state index is 0.176. The number of alkyl halides is 4. The Kier molecular flexibility index (Phi) is 20.5. The number of hydrazine groups is 1. The fourth-order valence-corrected chi connectivity index (χ4v) is 9.57. The molecule has 2 unspecified atom stereocenters. The first-order valence-electron chi connectivity index (χ1n) is 25.1. The number of nitrogens with zero attached hydrogens (tertiary/aromatic N) is 5. The molecule has 418 valence electrons. The Morgan fingerprint density at radius 2 is 1.53 bits per heavy atom. The van der Waals surface area contributed by atoms with Crippen LogP contribution in [0.2, 0.25) is 0 Å². The zero-order valence-corrected chi connectivity index (χ0v) is 43.8. The number of piperazine rings is 1. The van der Waals surface area contributed by atoms with Crippen molar-refractivity contribution in [3.63, 3.8) is 0 Å². The predicted molar refractivity (Wildman–Crippen MR) is 274 cm³/mol. The predicted octanol–water partition coefficient (Wildman–Crippen LogP) is 5.22. The molecule has 77 heavy (non-hydrogen) atoms. The molecule has 0 saturated carbocycles. The lowest BCUT2D eigenvalue weighted by atomic mass is 9.77. The van der Waals surface area contributed by atoms with Crippen LogP contribution < -0.4 is 26.7 Å². The zero-order valence-electron chi connectivity index (χ0n) is 43.8. The number of hydrogen-bond donors (Lipinski definition) is 5. The number of esters is 1. The molecule has 3 saturated heterocycles. The summed E-state index contributed by atoms with van der Waals surface area (Å²) in [6, 6.07) is 10.7. The summed E-state index contributed by atoms with van der Waals surface area (Å²) in [5, 5.41) is 18.1. The number of methoxy groups -OCH3 is 2. The number of rotatable bonds is 23. The van der Waals surface area contributed by atoms with E-state index in [4.69, 9.17) is 24.9 Å². The topological polar surface area (TPSA) is 213 Å². The monoisotopic (exact) mass is 1080 g/mol. The molecule has 2 bridgehead atoms. The molecule has 3 aliphatic rings. The first-order valence-corrected chi connectivity index (χ1v) is 25.1. The Morgan fingerprint density at radius 1 is 0.909 bits per heavy atom. The van der Waals surface area contributed by atoms with Gasteiger partial charge < -0.3 is 40.6 Å². The summed E-state index contributed by atoms with van der Waals surface area (Å²) in [5.41, 5.74) is 5.49. The van der Waals surface area contributed by atoms with Crippen molar-refractivity contribution in [2.75, 3.05) is 65.3 Å². The van der Waals surface area contributed by atoms with E-state index in [2.05, 4.69) is 42.7 Å². The highest BCUT2D eigenvalue weighted by molar-refractivity contribution is 6.09. The van der Waals surface area contributed by atoms with Crippen molar-refractivity contribution in [2.45, 2.75) is 103 Å². The van der Waals surface area contributed by atoms with Gasteiger partial charge in [-0.25, -0.2) is 28.6 Å². The van der Waals surface area contributed by atoms with Crippen LogP contribution in [0.3, 0.4) is 0 Å². The molecular formula is C54H67F6N9O8. The van der Waals surface area contributed by atoms with Crippen LogP contribution in [-0.4, -0.2) is 153 Å². The number of nitrogens with one attached hydrogen (secondary N) is 3. The maximum atomic E-state index is 16.0. The van der Waals surface area contributed by atoms with E-state index < -0.39 is 115 Å². The van der Waals surface area contributed by atoms with Crippen LogP contribution in [0.5, 0.6) is 0 Å². The van der Waals surface area contributed by atoms with Gasteiger partial charge >= 0.3 is 18.6 Å². The summed E-state index contributed by atoms with van der Waals surface area (Å²) < 4.78 is 102. The van der Waals surface area contributed by atoms with Crippen molar-refractivity contribution in [1.82, 2.24) is 31.0 Å². The fourth-order valence-electron chi connectivity index (χ4n) is 9.57. The summed E-state index contributed by atoms with van der Waals surface area (Å²) in [4.78, 5) is 65.8. The van der Waals surface area contributed by atoms with E-state index in [1.54, 1.807) is 30.5 Å². The van der Waals surface area contributed by atoms with Crippen LogP contribution in [0.25, 0.3) is 5.57 Å². The van der Waals surface area contributed by atoms with E-state index in [1.807, 2.05) is 12.1 Å². The molecule has 0 radical (unpaired) electrons. The van der Waals surface area contributed by atoms with Gasteiger partial charge in [0.1, 0.15) is 23.5 Å². The number of alkyl carbamates (subject to hydrolysis) is 1. The second kappa shape index (κ2) is 26.5. The van der Waals surface area contributed by atoms with Gasteiger partial charge in [0.05, 0.1) is 71.3 Å². The molecule has 23 heteroatoms. The molecule has 1 aromatic heterocycles. The molecule has 4 heterocycles. The van der Waals surface area contributed by atoms with Gasteiger partial charge in [-0.05, 0) is 66.8 Å². The Morgan fingerprint density at radius 3 is 2.06 bits per heavy atom. The number of allylic oxidation sites excluding steroid dienone is 1. The summed E-state index contributed by atoms with van der Waals surface area (Å²) in [7, 11) is 2.10. The molecule has 17 nitrogen and oxygen atoms in total. The number of nitrogens with two attached hydrogens (primary N) is 1. The molecule has 3 aliphatic heterocycles. The highest BCUT2D eigenvalue weighted by atomic mass is 19.3. The molecule has 0 spiro atoms. The molecule has 3 amide bonds. The number of amides is 3. The van der Waals surface area contributed by atoms with Gasteiger partial charge in [-0.15, -0.1) is 0 Å². The normalized spacial score (nSPS) is 18.7. The molecule has 3 fully saturated rings. The maximum Gasteiger partial charge on any atom is 0.407 e. The molecule has 6 N–H and O–H groups in total. The van der Waals surface area contributed by atoms with Crippen LogP contribution in [0, 0.1) is 40.2 Å². The van der Waals surface area contributed by atoms with Crippen LogP contribution in [0.4, 0.5) is 37.0 Å². The van der Waals surface area contributed by atoms with E-state index >= 15 is 8.78 Å². The van der Waals surface area contributed by atoms with Gasteiger partial charge in [0, 0.05) is 90.0 Å². The number of aliphatic hydroxyl groups is 1. The number of aromatic nitrogens is 1. The standard InChI is InChI=1S/C54H67F6N9O8/c1-53(2,30-55)41(20-47(71)75-5)49(72)66-68(26-40-42(57)18-35(19-43(40)58)36(21-61)23-63-51(59)60)27-45(70)44(64-50(73)48(54(3,4)31-56)65-52(74)76-6)17-33-10-7-32(8-11-33)9-12-34-13-16-46(62-22-34)67-24-37-14-15-38(25-67)69(37)39-28-77-29-39/h7-8,10-11,13,16,18-19,21-23,37-39,41,44-45,48,51,70H,14-15,17,20,24-31,61H2,1-6H3,(H,64,73)(H,65,74)(H,66,72)/t37?,38?,41-,44+,45+,48-/m1/s1. The van der Waals surface area contributed by atoms with E-state index in [1.165, 1.54) is 27.7 Å². The first-order chi connectivity index (χ1) is 36.6. The Labute approximate surface area is 443 Å². The van der Waals surface area contributed by atoms with Crippen molar-refractivity contribution in [1.29, 1.82) is 0 Å². The number of aliphatic hydroxyl groups excluding tert-OH is 1. The lowest BCUT2D eigenvalue weighted by molar-refractivity contribution is -0.148. The van der Waals surface area contributed by atoms with Gasteiger partial charge in [-0.1, -0.05) is 51.7 Å². The van der Waals surface area contributed by atoms with Crippen molar-refractivity contribution in [3.05, 3.63) is 100 Å². The van der Waals surface area contributed by atoms with Crippen molar-refractivity contribution >= 4 is 41.5 Å². The highest BCUT2D eigenvalue weighted by Gasteiger charge is 2.46. The van der Waals surface area contributed by atoms with Crippen molar-refractivity contribution < 1.29 is 64.8 Å².